The molecule has 0 bridgehead atoms. The van der Waals surface area contributed by atoms with E-state index in [0.29, 0.717) is 5.92 Å². The number of aliphatic hydroxyl groups is 1. The molecule has 2 saturated carbocycles. The van der Waals surface area contributed by atoms with Crippen LogP contribution < -0.4 is 4.74 Å². The van der Waals surface area contributed by atoms with E-state index in [9.17, 15) is 5.11 Å². The van der Waals surface area contributed by atoms with E-state index in [1.54, 1.807) is 7.11 Å². The minimum Gasteiger partial charge on any atom is -0.497 e. The van der Waals surface area contributed by atoms with Gasteiger partial charge in [0.15, 0.2) is 0 Å². The molecule has 3 nitrogen and oxygen atoms in total. The lowest BCUT2D eigenvalue weighted by Crippen LogP contribution is -2.50. The van der Waals surface area contributed by atoms with Crippen molar-refractivity contribution in [2.45, 2.75) is 64.9 Å². The fourth-order valence-electron chi connectivity index (χ4n) is 7.72. The van der Waals surface area contributed by atoms with E-state index in [2.05, 4.69) is 32.1 Å². The number of thiazole rings is 1. The monoisotopic (exact) mass is 435 g/mol. The van der Waals surface area contributed by atoms with Crippen LogP contribution in [0, 0.1) is 28.6 Å². The van der Waals surface area contributed by atoms with Crippen LogP contribution in [0.2, 0.25) is 0 Å². The predicted molar refractivity (Wildman–Crippen MR) is 126 cm³/mol. The molecule has 0 amide bonds. The lowest BCUT2D eigenvalue weighted by molar-refractivity contribution is -0.0579. The van der Waals surface area contributed by atoms with Crippen LogP contribution in [0.15, 0.2) is 30.3 Å². The van der Waals surface area contributed by atoms with Crippen molar-refractivity contribution in [3.8, 4) is 16.3 Å². The molecular weight excluding hydrogens is 402 g/mol. The SMILES string of the molecule is COc1ccc(-c2nc3c(s2)CC[C@@]2(C)C3=CC[C@H]3[C@@H]4CC[C@H](O)[C@@]4(C)CC[C@@H]32)cc1. The topological polar surface area (TPSA) is 42.4 Å². The normalized spacial score (nSPS) is 38.5. The molecule has 1 aromatic heterocycles. The van der Waals surface area contributed by atoms with E-state index in [-0.39, 0.29) is 16.9 Å². The summed E-state index contributed by atoms with van der Waals surface area (Å²) in [5, 5.41) is 11.8. The number of allylic oxidation sites excluding steroid dienone is 2. The zero-order chi connectivity index (χ0) is 21.4. The van der Waals surface area contributed by atoms with E-state index in [1.165, 1.54) is 47.4 Å². The summed E-state index contributed by atoms with van der Waals surface area (Å²) in [6.45, 7) is 4.90. The van der Waals surface area contributed by atoms with Gasteiger partial charge in [0.1, 0.15) is 10.8 Å². The number of aromatic nitrogens is 1. The maximum absolute atomic E-state index is 10.7. The minimum atomic E-state index is -0.0970. The van der Waals surface area contributed by atoms with Crippen molar-refractivity contribution in [3.05, 3.63) is 40.9 Å². The van der Waals surface area contributed by atoms with Gasteiger partial charge in [0.25, 0.3) is 0 Å². The molecular formula is C27H33NO2S. The van der Waals surface area contributed by atoms with Crippen LogP contribution in [0.1, 0.15) is 62.9 Å². The Balaban J connectivity index is 1.36. The zero-order valence-corrected chi connectivity index (χ0v) is 19.7. The lowest BCUT2D eigenvalue weighted by Gasteiger charge is -2.56. The van der Waals surface area contributed by atoms with E-state index in [1.807, 2.05) is 23.5 Å². The van der Waals surface area contributed by atoms with Gasteiger partial charge in [0.2, 0.25) is 0 Å². The molecule has 0 unspecified atom stereocenters. The van der Waals surface area contributed by atoms with Gasteiger partial charge < -0.3 is 9.84 Å². The van der Waals surface area contributed by atoms with Crippen LogP contribution >= 0.6 is 11.3 Å². The molecule has 6 atom stereocenters. The summed E-state index contributed by atoms with van der Waals surface area (Å²) in [5.74, 6) is 3.03. The number of methoxy groups -OCH3 is 1. The number of aliphatic hydroxyl groups excluding tert-OH is 1. The highest BCUT2D eigenvalue weighted by Gasteiger charge is 2.58. The zero-order valence-electron chi connectivity index (χ0n) is 18.9. The maximum Gasteiger partial charge on any atom is 0.124 e. The molecule has 4 aliphatic rings. The molecule has 31 heavy (non-hydrogen) atoms. The first-order valence-corrected chi connectivity index (χ1v) is 12.8. The summed E-state index contributed by atoms with van der Waals surface area (Å²) in [4.78, 5) is 6.67. The Morgan fingerprint density at radius 3 is 2.65 bits per heavy atom. The Kier molecular flexibility index (Phi) is 4.46. The van der Waals surface area contributed by atoms with Crippen LogP contribution in [0.3, 0.4) is 0 Å². The number of rotatable bonds is 2. The molecule has 4 aliphatic carbocycles. The molecule has 4 heteroatoms. The smallest absolute Gasteiger partial charge is 0.124 e. The average molecular weight is 436 g/mol. The summed E-state index contributed by atoms with van der Waals surface area (Å²) in [7, 11) is 1.71. The second-order valence-corrected chi connectivity index (χ2v) is 11.9. The Labute approximate surface area is 189 Å². The quantitative estimate of drug-likeness (QED) is 0.597. The van der Waals surface area contributed by atoms with Gasteiger partial charge in [-0.15, -0.1) is 11.3 Å². The molecule has 164 valence electrons. The summed E-state index contributed by atoms with van der Waals surface area (Å²) >= 11 is 1.87. The Morgan fingerprint density at radius 1 is 1.06 bits per heavy atom. The van der Waals surface area contributed by atoms with Gasteiger partial charge in [-0.1, -0.05) is 19.9 Å². The van der Waals surface area contributed by atoms with Crippen molar-refractivity contribution in [1.29, 1.82) is 0 Å². The lowest BCUT2D eigenvalue weighted by atomic mass is 9.48. The highest BCUT2D eigenvalue weighted by Crippen LogP contribution is 2.66. The Bertz CT molecular complexity index is 1040. The molecule has 1 heterocycles. The Morgan fingerprint density at radius 2 is 1.87 bits per heavy atom. The van der Waals surface area contributed by atoms with Crippen molar-refractivity contribution in [1.82, 2.24) is 4.98 Å². The number of fused-ring (bicyclic) bond motifs is 7. The van der Waals surface area contributed by atoms with E-state index in [0.717, 1.165) is 41.9 Å². The largest absolute Gasteiger partial charge is 0.497 e. The number of hydrogen-bond donors (Lipinski definition) is 1. The third-order valence-corrected chi connectivity index (χ3v) is 10.7. The summed E-state index contributed by atoms with van der Waals surface area (Å²) in [6, 6.07) is 8.31. The van der Waals surface area contributed by atoms with Gasteiger partial charge in [-0.2, -0.15) is 0 Å². The van der Waals surface area contributed by atoms with Gasteiger partial charge in [0.05, 0.1) is 18.9 Å². The van der Waals surface area contributed by atoms with E-state index >= 15 is 0 Å². The number of ether oxygens (including phenoxy) is 1. The number of benzene rings is 1. The second kappa shape index (κ2) is 6.92. The highest BCUT2D eigenvalue weighted by atomic mass is 32.1. The number of aryl methyl sites for hydroxylation is 1. The molecule has 2 aromatic rings. The third-order valence-electron chi connectivity index (χ3n) is 9.58. The maximum atomic E-state index is 10.7. The van der Waals surface area contributed by atoms with Crippen LogP contribution in [-0.4, -0.2) is 23.3 Å². The number of hydrogen-bond acceptors (Lipinski definition) is 4. The van der Waals surface area contributed by atoms with Gasteiger partial charge >= 0.3 is 0 Å². The molecule has 0 aliphatic heterocycles. The third kappa shape index (κ3) is 2.77. The van der Waals surface area contributed by atoms with Crippen LogP contribution in [0.4, 0.5) is 0 Å². The molecule has 6 rings (SSSR count). The Hall–Kier alpha value is -1.65. The van der Waals surface area contributed by atoms with Gasteiger partial charge in [-0.05, 0) is 103 Å². The molecule has 1 N–H and O–H groups in total. The van der Waals surface area contributed by atoms with Crippen molar-refractivity contribution < 1.29 is 9.84 Å². The van der Waals surface area contributed by atoms with E-state index < -0.39 is 0 Å². The predicted octanol–water partition coefficient (Wildman–Crippen LogP) is 6.36. The van der Waals surface area contributed by atoms with Crippen molar-refractivity contribution >= 4 is 16.9 Å². The fourth-order valence-corrected chi connectivity index (χ4v) is 8.80. The van der Waals surface area contributed by atoms with Crippen LogP contribution in [0.25, 0.3) is 16.1 Å². The fraction of sp³-hybridized carbons (Fsp3) is 0.593. The summed E-state index contributed by atoms with van der Waals surface area (Å²) in [6.07, 6.45) is 10.6. The van der Waals surface area contributed by atoms with Crippen molar-refractivity contribution in [3.63, 3.8) is 0 Å². The van der Waals surface area contributed by atoms with Crippen molar-refractivity contribution in [2.75, 3.05) is 7.11 Å². The molecule has 0 radical (unpaired) electrons. The minimum absolute atomic E-state index is 0.0970. The standard InChI is InChI=1S/C27H33NO2S/c1-26-15-13-22-24(28-25(31-22)16-4-6-17(30-3)7-5-16)21(26)9-8-18-19-10-11-23(29)27(19,2)14-12-20(18)26/h4-7,9,18-20,23,29H,8,10-15H2,1-3H3/t18-,19-,20-,23-,26+,27-/m0/s1. The molecule has 1 aromatic carbocycles. The van der Waals surface area contributed by atoms with Gasteiger partial charge in [-0.3, -0.25) is 0 Å². The van der Waals surface area contributed by atoms with Gasteiger partial charge in [0, 0.05) is 10.4 Å². The number of nitrogens with zero attached hydrogens (tertiary/aromatic N) is 1. The molecule has 0 saturated heterocycles. The highest BCUT2D eigenvalue weighted by molar-refractivity contribution is 7.15. The van der Waals surface area contributed by atoms with Crippen molar-refractivity contribution in [2.24, 2.45) is 28.6 Å². The molecule has 0 spiro atoms. The first-order chi connectivity index (χ1) is 14.9. The van der Waals surface area contributed by atoms with Crippen LogP contribution in [0.5, 0.6) is 5.75 Å². The second-order valence-electron chi connectivity index (χ2n) is 10.8. The summed E-state index contributed by atoms with van der Waals surface area (Å²) in [5.41, 5.74) is 4.36. The van der Waals surface area contributed by atoms with E-state index in [4.69, 9.17) is 9.72 Å². The van der Waals surface area contributed by atoms with Gasteiger partial charge in [-0.25, -0.2) is 4.98 Å². The summed E-state index contributed by atoms with van der Waals surface area (Å²) < 4.78 is 5.32. The average Bonchev–Trinajstić information content (AvgIpc) is 3.34. The first-order valence-electron chi connectivity index (χ1n) is 12.0. The van der Waals surface area contributed by atoms with Crippen LogP contribution in [-0.2, 0) is 6.42 Å². The molecule has 2 fully saturated rings. The first kappa shape index (κ1) is 20.0.